The van der Waals surface area contributed by atoms with Crippen molar-refractivity contribution in [2.24, 2.45) is 0 Å². The number of carbonyl (C=O) groups excluding carboxylic acids is 3. The van der Waals surface area contributed by atoms with E-state index in [1.807, 2.05) is 19.9 Å². The van der Waals surface area contributed by atoms with E-state index < -0.39 is 21.8 Å². The number of hydrogen-bond donors (Lipinski definition) is 2. The molecule has 0 saturated heterocycles. The lowest BCUT2D eigenvalue weighted by atomic mass is 9.99. The van der Waals surface area contributed by atoms with Crippen molar-refractivity contribution in [3.63, 3.8) is 0 Å². The number of amides is 2. The number of anilines is 2. The second kappa shape index (κ2) is 14.0. The summed E-state index contributed by atoms with van der Waals surface area (Å²) in [7, 11) is -3.68. The van der Waals surface area contributed by atoms with Crippen molar-refractivity contribution in [3.8, 4) is 0 Å². The first-order valence-corrected chi connectivity index (χ1v) is 15.6. The van der Waals surface area contributed by atoms with Gasteiger partial charge in [-0.3, -0.25) is 14.4 Å². The minimum atomic E-state index is -3.68. The molecule has 43 heavy (non-hydrogen) atoms. The highest BCUT2D eigenvalue weighted by atomic mass is 32.2. The van der Waals surface area contributed by atoms with Crippen LogP contribution >= 0.6 is 0 Å². The Morgan fingerprint density at radius 2 is 1.33 bits per heavy atom. The number of nitrogens with one attached hydrogen (secondary N) is 2. The number of sulfonamides is 1. The van der Waals surface area contributed by atoms with Gasteiger partial charge in [0.1, 0.15) is 0 Å². The summed E-state index contributed by atoms with van der Waals surface area (Å²) in [4.78, 5) is 39.9. The van der Waals surface area contributed by atoms with Gasteiger partial charge >= 0.3 is 0 Å². The van der Waals surface area contributed by atoms with Crippen LogP contribution in [-0.2, 0) is 10.0 Å². The Morgan fingerprint density at radius 3 is 2.00 bits per heavy atom. The van der Waals surface area contributed by atoms with Gasteiger partial charge < -0.3 is 10.6 Å². The van der Waals surface area contributed by atoms with E-state index >= 15 is 0 Å². The van der Waals surface area contributed by atoms with Gasteiger partial charge in [-0.2, -0.15) is 4.31 Å². The van der Waals surface area contributed by atoms with Crippen LogP contribution < -0.4 is 10.6 Å². The summed E-state index contributed by atoms with van der Waals surface area (Å²) in [5.74, 6) is -1.23. The maximum absolute atomic E-state index is 13.4. The van der Waals surface area contributed by atoms with Crippen molar-refractivity contribution in [1.82, 2.24) is 4.31 Å². The zero-order valence-corrected chi connectivity index (χ0v) is 25.3. The maximum atomic E-state index is 13.4. The molecule has 9 heteroatoms. The molecule has 2 N–H and O–H groups in total. The number of para-hydroxylation sites is 1. The molecule has 0 radical (unpaired) electrons. The minimum absolute atomic E-state index is 0.112. The fraction of sp³-hybridized carbons (Fsp3) is 0.206. The molecule has 222 valence electrons. The van der Waals surface area contributed by atoms with Gasteiger partial charge in [0.2, 0.25) is 10.0 Å². The smallest absolute Gasteiger partial charge is 0.257 e. The molecule has 0 bridgehead atoms. The van der Waals surface area contributed by atoms with Gasteiger partial charge in [-0.15, -0.1) is 0 Å². The average molecular weight is 598 g/mol. The summed E-state index contributed by atoms with van der Waals surface area (Å²) in [5, 5.41) is 5.59. The SMILES string of the molecule is CCCCN(CC)S(=O)(=O)c1ccc(C(=O)Nc2ccccc2C(=O)Nc2ccc(C)cc2C(=O)c2ccccc2)cc1. The van der Waals surface area contributed by atoms with Crippen molar-refractivity contribution in [2.75, 3.05) is 23.7 Å². The largest absolute Gasteiger partial charge is 0.321 e. The predicted octanol–water partition coefficient (Wildman–Crippen LogP) is 6.54. The molecule has 0 heterocycles. The van der Waals surface area contributed by atoms with Crippen LogP contribution in [0.15, 0.2) is 102 Å². The number of aryl methyl sites for hydroxylation is 1. The first-order valence-electron chi connectivity index (χ1n) is 14.2. The highest BCUT2D eigenvalue weighted by molar-refractivity contribution is 7.89. The maximum Gasteiger partial charge on any atom is 0.257 e. The Balaban J connectivity index is 1.53. The molecule has 0 aliphatic heterocycles. The molecular weight excluding hydrogens is 562 g/mol. The molecular formula is C34H35N3O5S. The van der Waals surface area contributed by atoms with Gasteiger partial charge in [0.05, 0.1) is 21.8 Å². The Kier molecular flexibility index (Phi) is 10.2. The molecule has 0 aliphatic rings. The quantitative estimate of drug-likeness (QED) is 0.180. The van der Waals surface area contributed by atoms with Crippen LogP contribution in [0.25, 0.3) is 0 Å². The van der Waals surface area contributed by atoms with Crippen molar-refractivity contribution in [3.05, 3.63) is 125 Å². The molecule has 4 rings (SSSR count). The van der Waals surface area contributed by atoms with Crippen LogP contribution in [0.5, 0.6) is 0 Å². The van der Waals surface area contributed by atoms with E-state index in [1.54, 1.807) is 73.7 Å². The molecule has 0 unspecified atom stereocenters. The van der Waals surface area contributed by atoms with Crippen LogP contribution in [0.4, 0.5) is 11.4 Å². The van der Waals surface area contributed by atoms with Crippen LogP contribution in [0.3, 0.4) is 0 Å². The van der Waals surface area contributed by atoms with Crippen LogP contribution in [0, 0.1) is 6.92 Å². The van der Waals surface area contributed by atoms with E-state index in [2.05, 4.69) is 10.6 Å². The highest BCUT2D eigenvalue weighted by Gasteiger charge is 2.23. The lowest BCUT2D eigenvalue weighted by molar-refractivity contribution is 0.102. The Hall–Kier alpha value is -4.60. The lowest BCUT2D eigenvalue weighted by Gasteiger charge is -2.20. The van der Waals surface area contributed by atoms with E-state index in [0.29, 0.717) is 29.9 Å². The zero-order chi connectivity index (χ0) is 31.0. The third-order valence-electron chi connectivity index (χ3n) is 6.99. The van der Waals surface area contributed by atoms with Gasteiger partial charge in [0, 0.05) is 29.8 Å². The molecule has 4 aromatic rings. The second-order valence-electron chi connectivity index (χ2n) is 10.1. The zero-order valence-electron chi connectivity index (χ0n) is 24.5. The summed E-state index contributed by atoms with van der Waals surface area (Å²) in [6, 6.07) is 26.3. The fourth-order valence-electron chi connectivity index (χ4n) is 4.58. The van der Waals surface area contributed by atoms with Crippen molar-refractivity contribution in [2.45, 2.75) is 38.5 Å². The topological polar surface area (TPSA) is 113 Å². The number of rotatable bonds is 12. The van der Waals surface area contributed by atoms with E-state index in [1.165, 1.54) is 28.6 Å². The Morgan fingerprint density at radius 1 is 0.698 bits per heavy atom. The summed E-state index contributed by atoms with van der Waals surface area (Å²) < 4.78 is 27.5. The number of unbranched alkanes of at least 4 members (excludes halogenated alkanes) is 1. The van der Waals surface area contributed by atoms with E-state index in [4.69, 9.17) is 0 Å². The third-order valence-corrected chi connectivity index (χ3v) is 8.98. The van der Waals surface area contributed by atoms with Gasteiger partial charge in [-0.1, -0.05) is 74.4 Å². The molecule has 0 spiro atoms. The molecule has 0 saturated carbocycles. The van der Waals surface area contributed by atoms with Crippen molar-refractivity contribution < 1.29 is 22.8 Å². The van der Waals surface area contributed by atoms with E-state index in [9.17, 15) is 22.8 Å². The standard InChI is InChI=1S/C34H35N3O5S/c1-4-6-22-37(5-2)43(41,42)27-19-17-26(18-20-27)33(39)35-30-15-11-10-14-28(30)34(40)36-31-21-16-24(3)23-29(31)32(38)25-12-8-7-9-13-25/h7-21,23H,4-6,22H2,1-3H3,(H,35,39)(H,36,40). The summed E-state index contributed by atoms with van der Waals surface area (Å²) in [5.41, 5.74) is 2.77. The molecule has 0 atom stereocenters. The normalized spacial score (nSPS) is 11.3. The Bertz CT molecular complexity index is 1720. The van der Waals surface area contributed by atoms with Crippen molar-refractivity contribution in [1.29, 1.82) is 0 Å². The molecule has 0 fully saturated rings. The number of nitrogens with zero attached hydrogens (tertiary/aromatic N) is 1. The van der Waals surface area contributed by atoms with E-state index in [-0.39, 0.29) is 27.5 Å². The average Bonchev–Trinajstić information content (AvgIpc) is 3.02. The van der Waals surface area contributed by atoms with Crippen LogP contribution in [-0.4, -0.2) is 43.4 Å². The molecule has 0 aromatic heterocycles. The third kappa shape index (κ3) is 7.43. The number of hydrogen-bond acceptors (Lipinski definition) is 5. The molecule has 8 nitrogen and oxygen atoms in total. The van der Waals surface area contributed by atoms with E-state index in [0.717, 1.165) is 18.4 Å². The predicted molar refractivity (Wildman–Crippen MR) is 169 cm³/mol. The lowest BCUT2D eigenvalue weighted by Crippen LogP contribution is -2.31. The van der Waals surface area contributed by atoms with Crippen molar-refractivity contribution >= 4 is 39.0 Å². The summed E-state index contributed by atoms with van der Waals surface area (Å²) in [6.07, 6.45) is 1.64. The Labute approximate surface area is 252 Å². The highest BCUT2D eigenvalue weighted by Crippen LogP contribution is 2.24. The molecule has 4 aromatic carbocycles. The summed E-state index contributed by atoms with van der Waals surface area (Å²) >= 11 is 0. The first-order chi connectivity index (χ1) is 20.6. The van der Waals surface area contributed by atoms with Gasteiger partial charge in [-0.05, 0) is 61.9 Å². The number of carbonyl (C=O) groups is 3. The monoisotopic (exact) mass is 597 g/mol. The first kappa shape index (κ1) is 31.3. The van der Waals surface area contributed by atoms with Crippen LogP contribution in [0.1, 0.15) is 68.9 Å². The fourth-order valence-corrected chi connectivity index (χ4v) is 6.07. The number of ketones is 1. The summed E-state index contributed by atoms with van der Waals surface area (Å²) in [6.45, 7) is 6.45. The van der Waals surface area contributed by atoms with Gasteiger partial charge in [0.15, 0.2) is 5.78 Å². The second-order valence-corrected chi connectivity index (χ2v) is 12.0. The minimum Gasteiger partial charge on any atom is -0.321 e. The van der Waals surface area contributed by atoms with Gasteiger partial charge in [-0.25, -0.2) is 8.42 Å². The molecule has 2 amide bonds. The number of benzene rings is 4. The van der Waals surface area contributed by atoms with Gasteiger partial charge in [0.25, 0.3) is 11.8 Å². The molecule has 0 aliphatic carbocycles. The van der Waals surface area contributed by atoms with Crippen LogP contribution in [0.2, 0.25) is 0 Å².